The van der Waals surface area contributed by atoms with Crippen molar-refractivity contribution in [1.82, 2.24) is 5.32 Å². The van der Waals surface area contributed by atoms with E-state index in [0.717, 1.165) is 31.4 Å². The van der Waals surface area contributed by atoms with Gasteiger partial charge in [0.25, 0.3) is 0 Å². The molecule has 0 amide bonds. The second kappa shape index (κ2) is 5.16. The lowest BCUT2D eigenvalue weighted by Crippen LogP contribution is -2.18. The molecule has 0 aliphatic heterocycles. The van der Waals surface area contributed by atoms with Gasteiger partial charge in [0.15, 0.2) is 0 Å². The van der Waals surface area contributed by atoms with Crippen molar-refractivity contribution in [2.45, 2.75) is 41.2 Å². The number of benzene rings is 1. The van der Waals surface area contributed by atoms with Gasteiger partial charge < -0.3 is 10.1 Å². The number of ether oxygens (including phenoxy) is 1. The maximum atomic E-state index is 5.52. The predicted molar refractivity (Wildman–Crippen MR) is 80.4 cm³/mol. The molecule has 0 aromatic heterocycles. The van der Waals surface area contributed by atoms with E-state index in [1.54, 1.807) is 0 Å². The smallest absolute Gasteiger partial charge is 0.119 e. The summed E-state index contributed by atoms with van der Waals surface area (Å²) < 4.78 is 5.52. The van der Waals surface area contributed by atoms with Crippen LogP contribution < -0.4 is 10.1 Å². The Hall–Kier alpha value is -1.02. The summed E-state index contributed by atoms with van der Waals surface area (Å²) in [7, 11) is 0. The molecule has 2 heteroatoms. The lowest BCUT2D eigenvalue weighted by Gasteiger charge is -2.08. The summed E-state index contributed by atoms with van der Waals surface area (Å²) in [6, 6.07) is 8.35. The molecule has 0 heterocycles. The van der Waals surface area contributed by atoms with Crippen molar-refractivity contribution in [3.63, 3.8) is 0 Å². The zero-order valence-corrected chi connectivity index (χ0v) is 12.9. The van der Waals surface area contributed by atoms with Gasteiger partial charge in [0, 0.05) is 6.54 Å². The molecule has 106 valence electrons. The van der Waals surface area contributed by atoms with Gasteiger partial charge in [-0.05, 0) is 47.9 Å². The third-order valence-electron chi connectivity index (χ3n) is 5.21. The average Bonchev–Trinajstić information content (AvgIpc) is 2.72. The topological polar surface area (TPSA) is 21.3 Å². The van der Waals surface area contributed by atoms with E-state index in [4.69, 9.17) is 4.74 Å². The SMILES string of the molecule is CCOc1cccc(CNCC2C(C)(C)C2(C)C)c1. The summed E-state index contributed by atoms with van der Waals surface area (Å²) in [4.78, 5) is 0. The Kier molecular flexibility index (Phi) is 3.91. The van der Waals surface area contributed by atoms with E-state index in [1.165, 1.54) is 5.56 Å². The van der Waals surface area contributed by atoms with E-state index in [2.05, 4.69) is 51.2 Å². The van der Waals surface area contributed by atoms with Gasteiger partial charge in [-0.2, -0.15) is 0 Å². The summed E-state index contributed by atoms with van der Waals surface area (Å²) >= 11 is 0. The van der Waals surface area contributed by atoms with Crippen LogP contribution in [0.2, 0.25) is 0 Å². The summed E-state index contributed by atoms with van der Waals surface area (Å²) in [6.07, 6.45) is 0. The van der Waals surface area contributed by atoms with E-state index in [9.17, 15) is 0 Å². The Morgan fingerprint density at radius 2 is 1.84 bits per heavy atom. The molecule has 1 aliphatic rings. The molecule has 0 unspecified atom stereocenters. The third-order valence-corrected chi connectivity index (χ3v) is 5.21. The quantitative estimate of drug-likeness (QED) is 0.839. The minimum atomic E-state index is 0.465. The van der Waals surface area contributed by atoms with E-state index in [-0.39, 0.29) is 0 Å². The highest BCUT2D eigenvalue weighted by Gasteiger charge is 2.63. The summed E-state index contributed by atoms with van der Waals surface area (Å²) in [5.74, 6) is 1.74. The van der Waals surface area contributed by atoms with Crippen molar-refractivity contribution in [3.05, 3.63) is 29.8 Å². The van der Waals surface area contributed by atoms with E-state index in [0.29, 0.717) is 10.8 Å². The van der Waals surface area contributed by atoms with Crippen LogP contribution in [0, 0.1) is 16.7 Å². The number of hydrogen-bond donors (Lipinski definition) is 1. The van der Waals surface area contributed by atoms with Crippen LogP contribution >= 0.6 is 0 Å². The van der Waals surface area contributed by atoms with Crippen LogP contribution in [-0.4, -0.2) is 13.2 Å². The average molecular weight is 261 g/mol. The Morgan fingerprint density at radius 3 is 2.42 bits per heavy atom. The largest absolute Gasteiger partial charge is 0.494 e. The van der Waals surface area contributed by atoms with Crippen LogP contribution in [0.25, 0.3) is 0 Å². The number of nitrogens with one attached hydrogen (secondary N) is 1. The Labute approximate surface area is 117 Å². The molecule has 2 rings (SSSR count). The Morgan fingerprint density at radius 1 is 1.16 bits per heavy atom. The number of rotatable bonds is 6. The molecular formula is C17H27NO. The minimum Gasteiger partial charge on any atom is -0.494 e. The summed E-state index contributed by atoms with van der Waals surface area (Å²) in [5, 5.41) is 3.59. The van der Waals surface area contributed by atoms with Gasteiger partial charge in [0.05, 0.1) is 6.61 Å². The maximum Gasteiger partial charge on any atom is 0.119 e. The van der Waals surface area contributed by atoms with Crippen molar-refractivity contribution in [2.24, 2.45) is 16.7 Å². The minimum absolute atomic E-state index is 0.465. The van der Waals surface area contributed by atoms with E-state index >= 15 is 0 Å². The number of hydrogen-bond acceptors (Lipinski definition) is 2. The summed E-state index contributed by atoms with van der Waals surface area (Å²) in [6.45, 7) is 14.2. The molecule has 0 radical (unpaired) electrons. The second-order valence-electron chi connectivity index (χ2n) is 6.71. The highest BCUT2D eigenvalue weighted by molar-refractivity contribution is 5.28. The Bertz CT molecular complexity index is 423. The van der Waals surface area contributed by atoms with Crippen LogP contribution in [0.3, 0.4) is 0 Å². The molecule has 0 bridgehead atoms. The van der Waals surface area contributed by atoms with Crippen molar-refractivity contribution in [2.75, 3.05) is 13.2 Å². The molecule has 0 saturated heterocycles. The molecule has 2 nitrogen and oxygen atoms in total. The van der Waals surface area contributed by atoms with Gasteiger partial charge in [-0.1, -0.05) is 39.8 Å². The monoisotopic (exact) mass is 261 g/mol. The zero-order chi connectivity index (χ0) is 14.1. The highest BCUT2D eigenvalue weighted by Crippen LogP contribution is 2.67. The first-order valence-corrected chi connectivity index (χ1v) is 7.32. The Balaban J connectivity index is 1.82. The van der Waals surface area contributed by atoms with Crippen molar-refractivity contribution in [1.29, 1.82) is 0 Å². The molecule has 19 heavy (non-hydrogen) atoms. The lowest BCUT2D eigenvalue weighted by molar-refractivity contribution is 0.340. The molecule has 1 fully saturated rings. The first kappa shape index (κ1) is 14.4. The van der Waals surface area contributed by atoms with Gasteiger partial charge in [0.2, 0.25) is 0 Å². The van der Waals surface area contributed by atoms with Gasteiger partial charge in [-0.15, -0.1) is 0 Å². The fourth-order valence-corrected chi connectivity index (χ4v) is 3.12. The molecule has 1 saturated carbocycles. The molecule has 0 atom stereocenters. The van der Waals surface area contributed by atoms with Crippen molar-refractivity contribution in [3.8, 4) is 5.75 Å². The predicted octanol–water partition coefficient (Wildman–Crippen LogP) is 3.86. The van der Waals surface area contributed by atoms with Gasteiger partial charge in [-0.25, -0.2) is 0 Å². The third kappa shape index (κ3) is 2.79. The first-order valence-electron chi connectivity index (χ1n) is 7.32. The molecule has 1 aromatic rings. The van der Waals surface area contributed by atoms with Crippen LogP contribution in [0.1, 0.15) is 40.2 Å². The summed E-state index contributed by atoms with van der Waals surface area (Å²) in [5.41, 5.74) is 2.22. The van der Waals surface area contributed by atoms with E-state index in [1.807, 2.05) is 13.0 Å². The molecule has 1 aliphatic carbocycles. The van der Waals surface area contributed by atoms with Crippen LogP contribution in [0.15, 0.2) is 24.3 Å². The molecular weight excluding hydrogens is 234 g/mol. The first-order chi connectivity index (χ1) is 8.89. The fraction of sp³-hybridized carbons (Fsp3) is 0.647. The van der Waals surface area contributed by atoms with Crippen LogP contribution in [0.4, 0.5) is 0 Å². The zero-order valence-electron chi connectivity index (χ0n) is 12.9. The fourth-order valence-electron chi connectivity index (χ4n) is 3.12. The van der Waals surface area contributed by atoms with Crippen LogP contribution in [-0.2, 0) is 6.54 Å². The lowest BCUT2D eigenvalue weighted by atomic mass is 10.0. The standard InChI is InChI=1S/C17H27NO/c1-6-19-14-9-7-8-13(10-14)11-18-12-15-16(2,3)17(15,4)5/h7-10,15,18H,6,11-12H2,1-5H3. The normalized spacial score (nSPS) is 20.3. The van der Waals surface area contributed by atoms with Gasteiger partial charge in [-0.3, -0.25) is 0 Å². The van der Waals surface area contributed by atoms with Crippen LogP contribution in [0.5, 0.6) is 5.75 Å². The maximum absolute atomic E-state index is 5.52. The molecule has 0 spiro atoms. The van der Waals surface area contributed by atoms with Gasteiger partial charge in [0.1, 0.15) is 5.75 Å². The van der Waals surface area contributed by atoms with E-state index < -0.39 is 0 Å². The van der Waals surface area contributed by atoms with Crippen molar-refractivity contribution >= 4 is 0 Å². The van der Waals surface area contributed by atoms with Gasteiger partial charge >= 0.3 is 0 Å². The van der Waals surface area contributed by atoms with Crippen molar-refractivity contribution < 1.29 is 4.74 Å². The highest BCUT2D eigenvalue weighted by atomic mass is 16.5. The second-order valence-corrected chi connectivity index (χ2v) is 6.71. The molecule has 1 aromatic carbocycles. The molecule has 1 N–H and O–H groups in total.